The minimum atomic E-state index is 0.496. The molecule has 4 heteroatoms. The Labute approximate surface area is 194 Å². The normalized spacial score (nSPS) is 15.8. The van der Waals surface area contributed by atoms with Crippen LogP contribution in [-0.4, -0.2) is 48.4 Å². The van der Waals surface area contributed by atoms with Crippen LogP contribution in [0.4, 0.5) is 0 Å². The number of rotatable bonds is 8. The molecule has 3 rings (SSSR count). The third-order valence-electron chi connectivity index (χ3n) is 6.09. The summed E-state index contributed by atoms with van der Waals surface area (Å²) in [4.78, 5) is 9.84. The monoisotopic (exact) mass is 433 g/mol. The second-order valence-corrected chi connectivity index (χ2v) is 9.48. The molecule has 1 heterocycles. The van der Waals surface area contributed by atoms with E-state index in [4.69, 9.17) is 9.73 Å². The zero-order valence-corrected chi connectivity index (χ0v) is 20.5. The smallest absolute Gasteiger partial charge is 0.119 e. The fourth-order valence-corrected chi connectivity index (χ4v) is 4.04. The molecule has 0 atom stereocenters. The second-order valence-electron chi connectivity index (χ2n) is 9.48. The zero-order chi connectivity index (χ0) is 23.1. The number of benzene rings is 2. The molecule has 2 aromatic rings. The highest BCUT2D eigenvalue weighted by atomic mass is 16.5. The molecular formula is C28H39N3O. The molecule has 0 bridgehead atoms. The van der Waals surface area contributed by atoms with E-state index in [0.717, 1.165) is 61.9 Å². The van der Waals surface area contributed by atoms with Crippen LogP contribution in [0, 0.1) is 12.8 Å². The molecule has 0 aromatic heterocycles. The first-order valence-corrected chi connectivity index (χ1v) is 11.8. The van der Waals surface area contributed by atoms with Crippen molar-refractivity contribution in [2.24, 2.45) is 10.9 Å². The van der Waals surface area contributed by atoms with Crippen molar-refractivity contribution in [3.05, 3.63) is 71.8 Å². The molecule has 1 saturated heterocycles. The van der Waals surface area contributed by atoms with Gasteiger partial charge in [-0.2, -0.15) is 0 Å². The van der Waals surface area contributed by atoms with Crippen LogP contribution < -0.4 is 4.74 Å². The SMILES string of the molecule is C=C(N=C(C)N(Cc1ccc(C)cc1)C1CCN(C)CC1)c1ccc(OCC(C)C)cc1. The standard InChI is InChI=1S/C28H39N3O/c1-21(2)20-32-28-13-11-26(12-14-28)23(4)29-24(5)31(27-15-17-30(6)18-16-27)19-25-9-7-22(3)8-10-25/h7-14,21,27H,4,15-20H2,1-3,5-6H3. The first kappa shape index (κ1) is 24.1. The Kier molecular flexibility index (Phi) is 8.52. The third kappa shape index (κ3) is 6.96. The Morgan fingerprint density at radius 1 is 1.09 bits per heavy atom. The number of nitrogens with zero attached hydrogens (tertiary/aromatic N) is 3. The Morgan fingerprint density at radius 2 is 1.72 bits per heavy atom. The largest absolute Gasteiger partial charge is 0.493 e. The van der Waals surface area contributed by atoms with Gasteiger partial charge in [0.05, 0.1) is 12.3 Å². The van der Waals surface area contributed by atoms with E-state index in [2.05, 4.69) is 87.5 Å². The van der Waals surface area contributed by atoms with Gasteiger partial charge in [-0.25, -0.2) is 4.99 Å². The molecular weight excluding hydrogens is 394 g/mol. The molecule has 1 fully saturated rings. The van der Waals surface area contributed by atoms with Gasteiger partial charge in [0.1, 0.15) is 11.6 Å². The van der Waals surface area contributed by atoms with E-state index in [9.17, 15) is 0 Å². The van der Waals surface area contributed by atoms with Crippen LogP contribution in [0.2, 0.25) is 0 Å². The van der Waals surface area contributed by atoms with Gasteiger partial charge in [-0.15, -0.1) is 0 Å². The molecule has 0 amide bonds. The summed E-state index contributed by atoms with van der Waals surface area (Å²) in [5, 5.41) is 0. The van der Waals surface area contributed by atoms with Gasteiger partial charge < -0.3 is 14.5 Å². The number of piperidine rings is 1. The lowest BCUT2D eigenvalue weighted by molar-refractivity contribution is 0.171. The lowest BCUT2D eigenvalue weighted by atomic mass is 10.0. The van der Waals surface area contributed by atoms with Gasteiger partial charge in [-0.05, 0) is 88.1 Å². The minimum Gasteiger partial charge on any atom is -0.493 e. The molecule has 0 N–H and O–H groups in total. The lowest BCUT2D eigenvalue weighted by Crippen LogP contribution is -2.45. The van der Waals surface area contributed by atoms with Gasteiger partial charge >= 0.3 is 0 Å². The number of ether oxygens (including phenoxy) is 1. The maximum absolute atomic E-state index is 5.81. The van der Waals surface area contributed by atoms with Gasteiger partial charge in [0.2, 0.25) is 0 Å². The Balaban J connectivity index is 1.75. The van der Waals surface area contributed by atoms with E-state index < -0.39 is 0 Å². The third-order valence-corrected chi connectivity index (χ3v) is 6.09. The fraction of sp³-hybridized carbons (Fsp3) is 0.464. The van der Waals surface area contributed by atoms with Gasteiger partial charge in [-0.1, -0.05) is 50.3 Å². The number of amidine groups is 1. The molecule has 4 nitrogen and oxygen atoms in total. The quantitative estimate of drug-likeness (QED) is 0.377. The van der Waals surface area contributed by atoms with Crippen molar-refractivity contribution >= 4 is 11.5 Å². The van der Waals surface area contributed by atoms with Gasteiger partial charge in [0.15, 0.2) is 0 Å². The molecule has 0 aliphatic carbocycles. The highest BCUT2D eigenvalue weighted by Crippen LogP contribution is 2.23. The van der Waals surface area contributed by atoms with Gasteiger partial charge in [-0.3, -0.25) is 0 Å². The predicted molar refractivity (Wildman–Crippen MR) is 136 cm³/mol. The molecule has 2 aromatic carbocycles. The Hall–Kier alpha value is -2.59. The van der Waals surface area contributed by atoms with E-state index >= 15 is 0 Å². The molecule has 0 radical (unpaired) electrons. The lowest BCUT2D eigenvalue weighted by Gasteiger charge is -2.38. The van der Waals surface area contributed by atoms with Crippen molar-refractivity contribution in [1.82, 2.24) is 9.80 Å². The van der Waals surface area contributed by atoms with Crippen molar-refractivity contribution in [3.63, 3.8) is 0 Å². The number of aliphatic imine (C=N–C) groups is 1. The average Bonchev–Trinajstić information content (AvgIpc) is 2.78. The summed E-state index contributed by atoms with van der Waals surface area (Å²) in [6.07, 6.45) is 2.31. The van der Waals surface area contributed by atoms with Gasteiger partial charge in [0.25, 0.3) is 0 Å². The molecule has 32 heavy (non-hydrogen) atoms. The van der Waals surface area contributed by atoms with Crippen LogP contribution in [0.15, 0.2) is 60.1 Å². The summed E-state index contributed by atoms with van der Waals surface area (Å²) in [7, 11) is 2.21. The van der Waals surface area contributed by atoms with Crippen LogP contribution in [0.3, 0.4) is 0 Å². The van der Waals surface area contributed by atoms with E-state index in [1.807, 2.05) is 12.1 Å². The Morgan fingerprint density at radius 3 is 2.31 bits per heavy atom. The molecule has 0 spiro atoms. The maximum Gasteiger partial charge on any atom is 0.119 e. The first-order chi connectivity index (χ1) is 15.3. The average molecular weight is 434 g/mol. The second kappa shape index (κ2) is 11.3. The minimum absolute atomic E-state index is 0.496. The van der Waals surface area contributed by atoms with Crippen LogP contribution in [0.25, 0.3) is 5.70 Å². The van der Waals surface area contributed by atoms with E-state index in [-0.39, 0.29) is 0 Å². The van der Waals surface area contributed by atoms with Crippen molar-refractivity contribution in [1.29, 1.82) is 0 Å². The highest BCUT2D eigenvalue weighted by Gasteiger charge is 2.24. The summed E-state index contributed by atoms with van der Waals surface area (Å²) in [6.45, 7) is 16.7. The number of likely N-dealkylation sites (tertiary alicyclic amines) is 1. The molecule has 0 unspecified atom stereocenters. The number of aryl methyl sites for hydroxylation is 1. The summed E-state index contributed by atoms with van der Waals surface area (Å²) >= 11 is 0. The van der Waals surface area contributed by atoms with Crippen molar-refractivity contribution in [2.45, 2.75) is 53.1 Å². The van der Waals surface area contributed by atoms with E-state index in [0.29, 0.717) is 12.0 Å². The fourth-order valence-electron chi connectivity index (χ4n) is 4.04. The molecule has 0 saturated carbocycles. The molecule has 1 aliphatic rings. The summed E-state index contributed by atoms with van der Waals surface area (Å²) in [5.74, 6) is 2.43. The molecule has 172 valence electrons. The highest BCUT2D eigenvalue weighted by molar-refractivity contribution is 5.86. The van der Waals surface area contributed by atoms with Crippen LogP contribution in [0.5, 0.6) is 5.75 Å². The first-order valence-electron chi connectivity index (χ1n) is 11.8. The van der Waals surface area contributed by atoms with Crippen molar-refractivity contribution in [3.8, 4) is 5.75 Å². The number of hydrogen-bond donors (Lipinski definition) is 0. The maximum atomic E-state index is 5.81. The number of hydrogen-bond acceptors (Lipinski definition) is 3. The van der Waals surface area contributed by atoms with Crippen LogP contribution in [0.1, 0.15) is 50.3 Å². The van der Waals surface area contributed by atoms with E-state index in [1.54, 1.807) is 0 Å². The summed E-state index contributed by atoms with van der Waals surface area (Å²) in [5.41, 5.74) is 4.43. The van der Waals surface area contributed by atoms with Crippen LogP contribution >= 0.6 is 0 Å². The van der Waals surface area contributed by atoms with E-state index in [1.165, 1.54) is 11.1 Å². The predicted octanol–water partition coefficient (Wildman–Crippen LogP) is 6.02. The molecule has 1 aliphatic heterocycles. The van der Waals surface area contributed by atoms with Gasteiger partial charge in [0, 0.05) is 12.6 Å². The topological polar surface area (TPSA) is 28.1 Å². The summed E-state index contributed by atoms with van der Waals surface area (Å²) < 4.78 is 5.81. The Bertz CT molecular complexity index is 891. The van der Waals surface area contributed by atoms with Crippen LogP contribution in [-0.2, 0) is 6.54 Å². The van der Waals surface area contributed by atoms with Crippen molar-refractivity contribution in [2.75, 3.05) is 26.7 Å². The zero-order valence-electron chi connectivity index (χ0n) is 20.5. The van der Waals surface area contributed by atoms with Crippen molar-refractivity contribution < 1.29 is 4.74 Å². The summed E-state index contributed by atoms with van der Waals surface area (Å²) in [6, 6.07) is 17.5.